The number of benzene rings is 1. The van der Waals surface area contributed by atoms with Crippen LogP contribution in [0.1, 0.15) is 45.0 Å². The van der Waals surface area contributed by atoms with E-state index in [1.807, 2.05) is 7.05 Å². The molecule has 1 aliphatic heterocycles. The van der Waals surface area contributed by atoms with Crippen LogP contribution in [0.4, 0.5) is 8.78 Å². The van der Waals surface area contributed by atoms with Gasteiger partial charge in [-0.2, -0.15) is 5.10 Å². The molecule has 1 fully saturated rings. The number of hydrogen-bond acceptors (Lipinski definition) is 3. The molecular weight excluding hydrogens is 312 g/mol. The number of rotatable bonds is 5. The summed E-state index contributed by atoms with van der Waals surface area (Å²) in [6.07, 6.45) is 3.32. The molecule has 0 amide bonds. The molecule has 2 aromatic rings. The first-order valence-electron chi connectivity index (χ1n) is 8.66. The Bertz CT molecular complexity index is 708. The van der Waals surface area contributed by atoms with Crippen LogP contribution < -0.4 is 0 Å². The maximum Gasteiger partial charge on any atom is 0.170 e. The Labute approximate surface area is 141 Å². The van der Waals surface area contributed by atoms with Crippen LogP contribution in [0.2, 0.25) is 0 Å². The summed E-state index contributed by atoms with van der Waals surface area (Å²) in [6, 6.07) is 3.17. The van der Waals surface area contributed by atoms with Crippen molar-refractivity contribution in [2.24, 2.45) is 0 Å². The van der Waals surface area contributed by atoms with Crippen molar-refractivity contribution in [3.05, 3.63) is 29.5 Å². The van der Waals surface area contributed by atoms with Gasteiger partial charge in [-0.25, -0.2) is 13.5 Å². The summed E-state index contributed by atoms with van der Waals surface area (Å²) < 4.78 is 35.7. The molecule has 1 aromatic heterocycles. The molecule has 4 nitrogen and oxygen atoms in total. The van der Waals surface area contributed by atoms with Gasteiger partial charge in [0.15, 0.2) is 17.9 Å². The predicted molar refractivity (Wildman–Crippen MR) is 90.0 cm³/mol. The summed E-state index contributed by atoms with van der Waals surface area (Å²) in [5, 5.41) is 4.90. The van der Waals surface area contributed by atoms with Crippen LogP contribution in [0.3, 0.4) is 0 Å². The van der Waals surface area contributed by atoms with Crippen molar-refractivity contribution in [1.82, 2.24) is 14.7 Å². The Morgan fingerprint density at radius 2 is 2.12 bits per heavy atom. The lowest BCUT2D eigenvalue weighted by atomic mass is 10.1. The molecular formula is C18H25F2N3O. The van der Waals surface area contributed by atoms with Gasteiger partial charge in [-0.1, -0.05) is 0 Å². The van der Waals surface area contributed by atoms with Crippen molar-refractivity contribution in [1.29, 1.82) is 0 Å². The van der Waals surface area contributed by atoms with E-state index in [4.69, 9.17) is 4.74 Å². The number of hydrogen-bond donors (Lipinski definition) is 0. The normalized spacial score (nSPS) is 18.9. The molecule has 3 rings (SSSR count). The molecule has 0 bridgehead atoms. The Kier molecular flexibility index (Phi) is 5.15. The second-order valence-electron chi connectivity index (χ2n) is 6.79. The quantitative estimate of drug-likeness (QED) is 0.829. The highest BCUT2D eigenvalue weighted by Gasteiger charge is 2.24. The molecule has 1 saturated heterocycles. The van der Waals surface area contributed by atoms with Crippen LogP contribution in [0.5, 0.6) is 0 Å². The van der Waals surface area contributed by atoms with Gasteiger partial charge >= 0.3 is 0 Å². The number of aromatic nitrogens is 2. The fourth-order valence-electron chi connectivity index (χ4n) is 3.09. The highest BCUT2D eigenvalue weighted by atomic mass is 19.2. The average molecular weight is 337 g/mol. The first-order valence-corrected chi connectivity index (χ1v) is 8.66. The molecule has 1 unspecified atom stereocenters. The third-order valence-electron chi connectivity index (χ3n) is 4.85. The molecule has 6 heteroatoms. The number of likely N-dealkylation sites (N-methyl/N-ethyl adjacent to an activating group) is 1. The molecule has 24 heavy (non-hydrogen) atoms. The van der Waals surface area contributed by atoms with Crippen molar-refractivity contribution in [3.63, 3.8) is 0 Å². The minimum absolute atomic E-state index is 0.192. The Morgan fingerprint density at radius 1 is 1.33 bits per heavy atom. The molecule has 2 heterocycles. The highest BCUT2D eigenvalue weighted by Crippen LogP contribution is 2.30. The van der Waals surface area contributed by atoms with Gasteiger partial charge in [0.2, 0.25) is 0 Å². The van der Waals surface area contributed by atoms with Crippen LogP contribution in [-0.2, 0) is 11.2 Å². The summed E-state index contributed by atoms with van der Waals surface area (Å²) in [5.74, 6) is -1.64. The van der Waals surface area contributed by atoms with Crippen molar-refractivity contribution >= 4 is 10.9 Å². The molecule has 1 atom stereocenters. The van der Waals surface area contributed by atoms with Gasteiger partial charge in [-0.3, -0.25) is 0 Å². The van der Waals surface area contributed by atoms with Gasteiger partial charge in [0.25, 0.3) is 0 Å². The fraction of sp³-hybridized carbons (Fsp3) is 0.611. The molecule has 1 aliphatic rings. The van der Waals surface area contributed by atoms with Gasteiger partial charge in [-0.05, 0) is 52.3 Å². The van der Waals surface area contributed by atoms with Crippen LogP contribution >= 0.6 is 0 Å². The van der Waals surface area contributed by atoms with E-state index in [-0.39, 0.29) is 6.23 Å². The monoisotopic (exact) mass is 337 g/mol. The first-order chi connectivity index (χ1) is 11.5. The molecule has 0 spiro atoms. The minimum Gasteiger partial charge on any atom is -0.356 e. The van der Waals surface area contributed by atoms with Crippen LogP contribution in [0.15, 0.2) is 12.1 Å². The summed E-state index contributed by atoms with van der Waals surface area (Å²) in [5.41, 5.74) is 1.21. The van der Waals surface area contributed by atoms with Crippen LogP contribution in [-0.4, -0.2) is 40.9 Å². The minimum atomic E-state index is -0.829. The number of nitrogens with zero attached hydrogens (tertiary/aromatic N) is 3. The zero-order valence-electron chi connectivity index (χ0n) is 14.6. The summed E-state index contributed by atoms with van der Waals surface area (Å²) in [4.78, 5) is 2.17. The zero-order chi connectivity index (χ0) is 17.3. The lowest BCUT2D eigenvalue weighted by Crippen LogP contribution is -2.28. The molecule has 0 aliphatic carbocycles. The Morgan fingerprint density at radius 3 is 2.79 bits per heavy atom. The van der Waals surface area contributed by atoms with Crippen molar-refractivity contribution in [3.8, 4) is 0 Å². The number of ether oxygens (including phenoxy) is 1. The smallest absolute Gasteiger partial charge is 0.170 e. The number of halogens is 2. The lowest BCUT2D eigenvalue weighted by Gasteiger charge is -2.23. The standard InChI is InChI=1S/C18H25F2N3O/c1-12(2)22(3)10-9-14-17-15(8-7-13(19)18(17)20)23(21-14)16-6-4-5-11-24-16/h7-8,12,16H,4-6,9-11H2,1-3H3. The van der Waals surface area contributed by atoms with Crippen LogP contribution in [0, 0.1) is 11.6 Å². The summed E-state index contributed by atoms with van der Waals surface area (Å²) in [6.45, 7) is 5.63. The maximum atomic E-state index is 14.4. The summed E-state index contributed by atoms with van der Waals surface area (Å²) >= 11 is 0. The van der Waals surface area contributed by atoms with Gasteiger partial charge in [-0.15, -0.1) is 0 Å². The Hall–Kier alpha value is -1.53. The van der Waals surface area contributed by atoms with E-state index in [2.05, 4.69) is 23.8 Å². The van der Waals surface area contributed by atoms with E-state index in [0.29, 0.717) is 35.7 Å². The van der Waals surface area contributed by atoms with E-state index >= 15 is 0 Å². The Balaban J connectivity index is 1.99. The van der Waals surface area contributed by atoms with Gasteiger partial charge in [0, 0.05) is 25.6 Å². The van der Waals surface area contributed by atoms with Crippen LogP contribution in [0.25, 0.3) is 10.9 Å². The zero-order valence-corrected chi connectivity index (χ0v) is 14.6. The fourth-order valence-corrected chi connectivity index (χ4v) is 3.09. The second-order valence-corrected chi connectivity index (χ2v) is 6.79. The topological polar surface area (TPSA) is 30.3 Å². The van der Waals surface area contributed by atoms with E-state index in [1.165, 1.54) is 6.07 Å². The molecule has 1 aromatic carbocycles. The van der Waals surface area contributed by atoms with E-state index < -0.39 is 11.6 Å². The van der Waals surface area contributed by atoms with Gasteiger partial charge in [0.1, 0.15) is 0 Å². The van der Waals surface area contributed by atoms with E-state index in [1.54, 1.807) is 10.7 Å². The maximum absolute atomic E-state index is 14.4. The van der Waals surface area contributed by atoms with Gasteiger partial charge in [0.05, 0.1) is 16.6 Å². The number of fused-ring (bicyclic) bond motifs is 1. The van der Waals surface area contributed by atoms with Crippen molar-refractivity contribution < 1.29 is 13.5 Å². The van der Waals surface area contributed by atoms with Crippen molar-refractivity contribution in [2.75, 3.05) is 20.2 Å². The third kappa shape index (κ3) is 3.30. The van der Waals surface area contributed by atoms with E-state index in [9.17, 15) is 8.78 Å². The highest BCUT2D eigenvalue weighted by molar-refractivity contribution is 5.83. The largest absolute Gasteiger partial charge is 0.356 e. The second kappa shape index (κ2) is 7.15. The summed E-state index contributed by atoms with van der Waals surface area (Å²) in [7, 11) is 2.02. The average Bonchev–Trinajstić information content (AvgIpc) is 2.96. The van der Waals surface area contributed by atoms with Crippen molar-refractivity contribution in [2.45, 2.75) is 51.8 Å². The van der Waals surface area contributed by atoms with Gasteiger partial charge < -0.3 is 9.64 Å². The molecule has 0 saturated carbocycles. The lowest BCUT2D eigenvalue weighted by molar-refractivity contribution is -0.0369. The molecule has 132 valence electrons. The first kappa shape index (κ1) is 17.3. The molecule has 0 N–H and O–H groups in total. The SMILES string of the molecule is CC(C)N(C)CCc1nn(C2CCCCO2)c2ccc(F)c(F)c12. The predicted octanol–water partition coefficient (Wildman–Crippen LogP) is 3.90. The van der Waals surface area contributed by atoms with E-state index in [0.717, 1.165) is 25.8 Å². The third-order valence-corrected chi connectivity index (χ3v) is 4.85. The molecule has 0 radical (unpaired) electrons.